The van der Waals surface area contributed by atoms with E-state index in [4.69, 9.17) is 16.3 Å². The van der Waals surface area contributed by atoms with Gasteiger partial charge in [-0.15, -0.1) is 0 Å². The Labute approximate surface area is 123 Å². The first-order valence-electron chi connectivity index (χ1n) is 6.74. The van der Waals surface area contributed by atoms with Gasteiger partial charge in [0.15, 0.2) is 0 Å². The number of pyridine rings is 1. The van der Waals surface area contributed by atoms with Gasteiger partial charge in [-0.2, -0.15) is 4.98 Å². The lowest BCUT2D eigenvalue weighted by Gasteiger charge is -2.38. The molecule has 1 aromatic rings. The molecule has 0 spiro atoms. The fourth-order valence-electron chi connectivity index (χ4n) is 3.14. The molecule has 0 N–H and O–H groups in total. The summed E-state index contributed by atoms with van der Waals surface area (Å²) < 4.78 is 5.80. The normalized spacial score (nSPS) is 25.2. The van der Waals surface area contributed by atoms with Crippen LogP contribution in [0.5, 0.6) is 5.88 Å². The van der Waals surface area contributed by atoms with Gasteiger partial charge in [0.05, 0.1) is 4.92 Å². The van der Waals surface area contributed by atoms with Crippen molar-refractivity contribution in [2.75, 3.05) is 0 Å². The third-order valence-electron chi connectivity index (χ3n) is 3.63. The fraction of sp³-hybridized carbons (Fsp3) is 0.643. The largest absolute Gasteiger partial charge is 0.469 e. The minimum atomic E-state index is -0.490. The molecule has 110 valence electrons. The number of halogens is 1. The van der Waals surface area contributed by atoms with Crippen molar-refractivity contribution in [2.24, 2.45) is 11.3 Å². The molecule has 6 heteroatoms. The summed E-state index contributed by atoms with van der Waals surface area (Å²) in [4.78, 5) is 14.5. The Hall–Kier alpha value is -1.36. The van der Waals surface area contributed by atoms with Crippen molar-refractivity contribution in [3.63, 3.8) is 0 Å². The smallest absolute Gasteiger partial charge is 0.331 e. The lowest BCUT2D eigenvalue weighted by atomic mass is 9.71. The second-order valence-electron chi connectivity index (χ2n) is 6.37. The average Bonchev–Trinajstić information content (AvgIpc) is 2.25. The van der Waals surface area contributed by atoms with E-state index in [0.29, 0.717) is 5.92 Å². The highest BCUT2D eigenvalue weighted by atomic mass is 35.5. The summed E-state index contributed by atoms with van der Waals surface area (Å²) in [6.45, 7) is 6.56. The summed E-state index contributed by atoms with van der Waals surface area (Å²) in [7, 11) is 0. The van der Waals surface area contributed by atoms with Crippen LogP contribution in [0.15, 0.2) is 12.1 Å². The molecule has 0 bridgehead atoms. The molecule has 1 aromatic heterocycles. The number of nitro groups is 1. The molecule has 2 rings (SSSR count). The molecule has 0 amide bonds. The minimum absolute atomic E-state index is 0.0254. The van der Waals surface area contributed by atoms with Gasteiger partial charge < -0.3 is 4.74 Å². The number of ether oxygens (including phenoxy) is 1. The van der Waals surface area contributed by atoms with Gasteiger partial charge in [0.1, 0.15) is 11.3 Å². The Balaban J connectivity index is 2.21. The van der Waals surface area contributed by atoms with Crippen LogP contribution in [0.2, 0.25) is 5.15 Å². The van der Waals surface area contributed by atoms with E-state index in [0.717, 1.165) is 19.3 Å². The molecule has 1 saturated carbocycles. The number of hydrogen-bond donors (Lipinski definition) is 0. The van der Waals surface area contributed by atoms with Gasteiger partial charge in [-0.1, -0.05) is 32.4 Å². The summed E-state index contributed by atoms with van der Waals surface area (Å²) in [6, 6.07) is 2.74. The van der Waals surface area contributed by atoms with E-state index in [1.807, 2.05) is 0 Å². The SMILES string of the molecule is CC1CC(Oc2nc(Cl)ccc2[N+](=O)[O-])CC(C)(C)C1. The second kappa shape index (κ2) is 5.56. The molecule has 0 aromatic carbocycles. The van der Waals surface area contributed by atoms with Crippen molar-refractivity contribution in [3.8, 4) is 5.88 Å². The van der Waals surface area contributed by atoms with Crippen LogP contribution in [-0.4, -0.2) is 16.0 Å². The highest BCUT2D eigenvalue weighted by Crippen LogP contribution is 2.40. The third kappa shape index (κ3) is 3.60. The molecule has 1 aliphatic carbocycles. The van der Waals surface area contributed by atoms with E-state index in [2.05, 4.69) is 25.8 Å². The summed E-state index contributed by atoms with van der Waals surface area (Å²) in [5.74, 6) is 0.555. The van der Waals surface area contributed by atoms with Crippen LogP contribution < -0.4 is 4.74 Å². The molecule has 1 aliphatic rings. The molecule has 1 heterocycles. The van der Waals surface area contributed by atoms with E-state index in [9.17, 15) is 10.1 Å². The quantitative estimate of drug-likeness (QED) is 0.475. The maximum atomic E-state index is 11.0. The fourth-order valence-corrected chi connectivity index (χ4v) is 3.28. The summed E-state index contributed by atoms with van der Waals surface area (Å²) in [5, 5.41) is 11.2. The first-order valence-corrected chi connectivity index (χ1v) is 7.12. The van der Waals surface area contributed by atoms with E-state index in [1.54, 1.807) is 0 Å². The maximum absolute atomic E-state index is 11.0. The predicted octanol–water partition coefficient (Wildman–Crippen LogP) is 4.24. The van der Waals surface area contributed by atoms with Crippen molar-refractivity contribution >= 4 is 17.3 Å². The molecule has 0 aliphatic heterocycles. The van der Waals surface area contributed by atoms with Crippen LogP contribution in [0.1, 0.15) is 40.0 Å². The average molecular weight is 299 g/mol. The number of aromatic nitrogens is 1. The topological polar surface area (TPSA) is 65.3 Å². The lowest BCUT2D eigenvalue weighted by molar-refractivity contribution is -0.386. The van der Waals surface area contributed by atoms with Crippen LogP contribution in [0.3, 0.4) is 0 Å². The standard InChI is InChI=1S/C14H19ClN2O3/c1-9-6-10(8-14(2,3)7-9)20-13-11(17(18)19)4-5-12(15)16-13/h4-5,9-10H,6-8H2,1-3H3. The van der Waals surface area contributed by atoms with Crippen molar-refractivity contribution in [3.05, 3.63) is 27.4 Å². The maximum Gasteiger partial charge on any atom is 0.331 e. The molecule has 20 heavy (non-hydrogen) atoms. The lowest BCUT2D eigenvalue weighted by Crippen LogP contribution is -2.34. The Morgan fingerprint density at radius 3 is 2.75 bits per heavy atom. The molecule has 5 nitrogen and oxygen atoms in total. The Morgan fingerprint density at radius 1 is 1.45 bits per heavy atom. The van der Waals surface area contributed by atoms with Crippen LogP contribution in [0.25, 0.3) is 0 Å². The zero-order valence-electron chi connectivity index (χ0n) is 11.9. The first-order chi connectivity index (χ1) is 9.27. The Bertz CT molecular complexity index is 519. The molecule has 2 atom stereocenters. The van der Waals surface area contributed by atoms with Crippen molar-refractivity contribution < 1.29 is 9.66 Å². The van der Waals surface area contributed by atoms with Gasteiger partial charge in [-0.25, -0.2) is 0 Å². The van der Waals surface area contributed by atoms with Crippen molar-refractivity contribution in [1.82, 2.24) is 4.98 Å². The van der Waals surface area contributed by atoms with Crippen LogP contribution >= 0.6 is 11.6 Å². The highest BCUT2D eigenvalue weighted by Gasteiger charge is 2.34. The Morgan fingerprint density at radius 2 is 2.15 bits per heavy atom. The highest BCUT2D eigenvalue weighted by molar-refractivity contribution is 6.29. The minimum Gasteiger partial charge on any atom is -0.469 e. The van der Waals surface area contributed by atoms with Crippen LogP contribution in [0, 0.1) is 21.4 Å². The molecular weight excluding hydrogens is 280 g/mol. The summed E-state index contributed by atoms with van der Waals surface area (Å²) in [5.41, 5.74) is 0.0424. The van der Waals surface area contributed by atoms with Gasteiger partial charge in [-0.05, 0) is 36.7 Å². The van der Waals surface area contributed by atoms with Gasteiger partial charge in [0.25, 0.3) is 5.88 Å². The molecule has 0 radical (unpaired) electrons. The predicted molar refractivity (Wildman–Crippen MR) is 77.1 cm³/mol. The van der Waals surface area contributed by atoms with Crippen molar-refractivity contribution in [2.45, 2.75) is 46.1 Å². The molecule has 2 unspecified atom stereocenters. The Kier molecular flexibility index (Phi) is 4.18. The van der Waals surface area contributed by atoms with Crippen LogP contribution in [-0.2, 0) is 0 Å². The van der Waals surface area contributed by atoms with Crippen LogP contribution in [0.4, 0.5) is 5.69 Å². The third-order valence-corrected chi connectivity index (χ3v) is 3.84. The first kappa shape index (κ1) is 15.0. The zero-order chi connectivity index (χ0) is 14.9. The van der Waals surface area contributed by atoms with Gasteiger partial charge in [0.2, 0.25) is 0 Å². The monoisotopic (exact) mass is 298 g/mol. The van der Waals surface area contributed by atoms with Gasteiger partial charge in [-0.3, -0.25) is 10.1 Å². The van der Waals surface area contributed by atoms with Gasteiger partial charge in [0, 0.05) is 6.07 Å². The van der Waals surface area contributed by atoms with Crippen molar-refractivity contribution in [1.29, 1.82) is 0 Å². The second-order valence-corrected chi connectivity index (χ2v) is 6.76. The molecular formula is C14H19ClN2O3. The molecule has 1 fully saturated rings. The number of hydrogen-bond acceptors (Lipinski definition) is 4. The van der Waals surface area contributed by atoms with E-state index >= 15 is 0 Å². The number of nitrogens with zero attached hydrogens (tertiary/aromatic N) is 2. The van der Waals surface area contributed by atoms with Gasteiger partial charge >= 0.3 is 5.69 Å². The number of rotatable bonds is 3. The van der Waals surface area contributed by atoms with E-state index in [-0.39, 0.29) is 28.2 Å². The zero-order valence-corrected chi connectivity index (χ0v) is 12.7. The summed E-state index contributed by atoms with van der Waals surface area (Å²) >= 11 is 5.81. The summed E-state index contributed by atoms with van der Waals surface area (Å²) in [6.07, 6.45) is 2.83. The van der Waals surface area contributed by atoms with E-state index < -0.39 is 4.92 Å². The molecule has 0 saturated heterocycles. The van der Waals surface area contributed by atoms with E-state index in [1.165, 1.54) is 12.1 Å².